The lowest BCUT2D eigenvalue weighted by atomic mass is 9.52. The molecular weight excluding hydrogens is 348 g/mol. The Labute approximate surface area is 172 Å². The number of quaternary nitrogens is 1. The molecule has 1 heterocycles. The molecule has 1 aliphatic heterocycles. The van der Waals surface area contributed by atoms with Gasteiger partial charge in [0.15, 0.2) is 5.60 Å². The average Bonchev–Trinajstić information content (AvgIpc) is 2.68. The first-order valence-electron chi connectivity index (χ1n) is 10.9. The molecule has 0 amide bonds. The van der Waals surface area contributed by atoms with Crippen molar-refractivity contribution in [2.75, 3.05) is 27.7 Å². The summed E-state index contributed by atoms with van der Waals surface area (Å²) in [7, 11) is 6.68. The maximum absolute atomic E-state index is 12.8. The second-order valence-electron chi connectivity index (χ2n) is 9.38. The number of benzene rings is 1. The van der Waals surface area contributed by atoms with Gasteiger partial charge in [0, 0.05) is 18.4 Å². The molecule has 28 heavy (non-hydrogen) atoms. The lowest BCUT2D eigenvalue weighted by Gasteiger charge is -2.64. The zero-order valence-corrected chi connectivity index (χ0v) is 19.3. The second kappa shape index (κ2) is 8.16. The Hall–Kier alpha value is -1.39. The van der Waals surface area contributed by atoms with Crippen molar-refractivity contribution < 1.29 is 14.0 Å². The molecule has 0 radical (unpaired) electrons. The van der Waals surface area contributed by atoms with E-state index in [1.165, 1.54) is 0 Å². The number of ether oxygens (including phenoxy) is 1. The van der Waals surface area contributed by atoms with Crippen LogP contribution >= 0.6 is 0 Å². The molecule has 1 fully saturated rings. The number of piperidine rings is 1. The topological polar surface area (TPSA) is 38.3 Å². The highest BCUT2D eigenvalue weighted by atomic mass is 16.6. The van der Waals surface area contributed by atoms with Gasteiger partial charge in [-0.15, -0.1) is 0 Å². The first-order chi connectivity index (χ1) is 13.1. The molecule has 1 saturated heterocycles. The van der Waals surface area contributed by atoms with Gasteiger partial charge in [0.25, 0.3) is 0 Å². The Morgan fingerprint density at radius 1 is 1.21 bits per heavy atom. The molecule has 1 N–H and O–H groups in total. The summed E-state index contributed by atoms with van der Waals surface area (Å²) in [5.74, 6) is -0.119. The van der Waals surface area contributed by atoms with Crippen LogP contribution in [0.25, 0.3) is 0 Å². The Kier molecular flexibility index (Phi) is 6.67. The predicted molar refractivity (Wildman–Crippen MR) is 116 cm³/mol. The Morgan fingerprint density at radius 2 is 1.79 bits per heavy atom. The smallest absolute Gasteiger partial charge is 0.306 e. The summed E-state index contributed by atoms with van der Waals surface area (Å²) in [5.41, 5.74) is 0.0312. The van der Waals surface area contributed by atoms with Gasteiger partial charge in [-0.1, -0.05) is 51.1 Å². The predicted octanol–water partition coefficient (Wildman–Crippen LogP) is 4.49. The number of likely N-dealkylation sites (tertiary alicyclic amines) is 1. The molecule has 1 aliphatic rings. The van der Waals surface area contributed by atoms with Gasteiger partial charge in [-0.2, -0.15) is 0 Å². The average molecular weight is 390 g/mol. The molecule has 0 aliphatic carbocycles. The van der Waals surface area contributed by atoms with E-state index in [1.807, 2.05) is 13.0 Å². The molecular formula is C24H41N2O2+. The molecule has 0 spiro atoms. The van der Waals surface area contributed by atoms with E-state index in [2.05, 4.69) is 78.4 Å². The maximum Gasteiger partial charge on any atom is 0.306 e. The van der Waals surface area contributed by atoms with Crippen LogP contribution < -0.4 is 5.32 Å². The van der Waals surface area contributed by atoms with E-state index in [-0.39, 0.29) is 16.9 Å². The van der Waals surface area contributed by atoms with Crippen LogP contribution in [0.2, 0.25) is 0 Å². The minimum absolute atomic E-state index is 0.119. The van der Waals surface area contributed by atoms with Crippen molar-refractivity contribution in [1.29, 1.82) is 0 Å². The minimum Gasteiger partial charge on any atom is -0.453 e. The van der Waals surface area contributed by atoms with Gasteiger partial charge in [-0.3, -0.25) is 4.79 Å². The van der Waals surface area contributed by atoms with E-state index in [0.29, 0.717) is 12.5 Å². The van der Waals surface area contributed by atoms with Gasteiger partial charge in [-0.05, 0) is 39.3 Å². The Morgan fingerprint density at radius 3 is 2.25 bits per heavy atom. The Bertz CT molecular complexity index is 660. The number of hydrogen-bond acceptors (Lipinski definition) is 3. The summed E-state index contributed by atoms with van der Waals surface area (Å²) >= 11 is 0. The molecule has 4 heteroatoms. The standard InChI is InChI=1S/C24H41N2O2/c1-9-21(27)28-24(20-15-13-12-14-16-20)17-19(4)26(7,8)18-22(24,5)23(10-2,11-3)25-6/h12-16,19,25H,9-11,17-18H2,1-8H3/q+1. The lowest BCUT2D eigenvalue weighted by molar-refractivity contribution is -0.930. The fraction of sp³-hybridized carbons (Fsp3) is 0.708. The number of nitrogens with zero attached hydrogens (tertiary/aromatic N) is 1. The van der Waals surface area contributed by atoms with E-state index in [0.717, 1.165) is 35.9 Å². The third kappa shape index (κ3) is 3.39. The zero-order chi connectivity index (χ0) is 21.2. The van der Waals surface area contributed by atoms with Gasteiger partial charge in [0.2, 0.25) is 0 Å². The molecule has 1 aromatic rings. The molecule has 0 saturated carbocycles. The van der Waals surface area contributed by atoms with Gasteiger partial charge >= 0.3 is 5.97 Å². The van der Waals surface area contributed by atoms with Crippen molar-refractivity contribution in [2.24, 2.45) is 5.41 Å². The van der Waals surface area contributed by atoms with Gasteiger partial charge in [0.1, 0.15) is 0 Å². The molecule has 0 aromatic heterocycles. The number of nitrogens with one attached hydrogen (secondary N) is 1. The molecule has 4 nitrogen and oxygen atoms in total. The summed E-state index contributed by atoms with van der Waals surface area (Å²) in [5, 5.41) is 3.69. The molecule has 3 atom stereocenters. The van der Waals surface area contributed by atoms with Crippen molar-refractivity contribution in [1.82, 2.24) is 5.32 Å². The van der Waals surface area contributed by atoms with Crippen molar-refractivity contribution in [3.63, 3.8) is 0 Å². The van der Waals surface area contributed by atoms with E-state index in [9.17, 15) is 4.79 Å². The second-order valence-corrected chi connectivity index (χ2v) is 9.38. The molecule has 1 aromatic carbocycles. The summed E-state index contributed by atoms with van der Waals surface area (Å²) in [4.78, 5) is 12.8. The maximum atomic E-state index is 12.8. The number of esters is 1. The van der Waals surface area contributed by atoms with Crippen LogP contribution in [0, 0.1) is 5.41 Å². The van der Waals surface area contributed by atoms with Crippen LogP contribution in [-0.2, 0) is 15.1 Å². The molecule has 3 unspecified atom stereocenters. The van der Waals surface area contributed by atoms with Crippen molar-refractivity contribution in [2.45, 2.75) is 77.5 Å². The van der Waals surface area contributed by atoms with Crippen LogP contribution in [0.1, 0.15) is 65.9 Å². The van der Waals surface area contributed by atoms with Crippen LogP contribution in [0.5, 0.6) is 0 Å². The zero-order valence-electron chi connectivity index (χ0n) is 19.3. The number of carbonyl (C=O) groups excluding carboxylic acids is 1. The summed E-state index contributed by atoms with van der Waals surface area (Å²) in [6.45, 7) is 12.0. The lowest BCUT2D eigenvalue weighted by Crippen LogP contribution is -2.75. The van der Waals surface area contributed by atoms with Crippen molar-refractivity contribution in [3.8, 4) is 0 Å². The number of carbonyl (C=O) groups is 1. The van der Waals surface area contributed by atoms with E-state index in [4.69, 9.17) is 4.74 Å². The summed E-state index contributed by atoms with van der Waals surface area (Å²) in [6.07, 6.45) is 3.16. The normalized spacial score (nSPS) is 30.1. The van der Waals surface area contributed by atoms with Crippen LogP contribution in [0.15, 0.2) is 30.3 Å². The summed E-state index contributed by atoms with van der Waals surface area (Å²) < 4.78 is 7.43. The number of hydrogen-bond donors (Lipinski definition) is 1. The highest BCUT2D eigenvalue weighted by Gasteiger charge is 2.68. The fourth-order valence-corrected chi connectivity index (χ4v) is 5.81. The molecule has 0 bridgehead atoms. The largest absolute Gasteiger partial charge is 0.453 e. The van der Waals surface area contributed by atoms with Crippen LogP contribution in [0.4, 0.5) is 0 Å². The molecule has 2 rings (SSSR count). The first-order valence-corrected chi connectivity index (χ1v) is 10.9. The molecule has 158 valence electrons. The van der Waals surface area contributed by atoms with Gasteiger partial charge < -0.3 is 14.5 Å². The first kappa shape index (κ1) is 22.9. The van der Waals surface area contributed by atoms with E-state index < -0.39 is 5.60 Å². The van der Waals surface area contributed by atoms with Gasteiger partial charge in [0.05, 0.1) is 32.1 Å². The fourth-order valence-electron chi connectivity index (χ4n) is 5.81. The monoisotopic (exact) mass is 389 g/mol. The quantitative estimate of drug-likeness (QED) is 0.552. The SMILES string of the molecule is CCC(=O)OC1(c2ccccc2)CC(C)[N+](C)(C)CC1(C)C(CC)(CC)NC. The highest BCUT2D eigenvalue weighted by Crippen LogP contribution is 2.58. The highest BCUT2D eigenvalue weighted by molar-refractivity contribution is 5.70. The number of rotatable bonds is 7. The van der Waals surface area contributed by atoms with Crippen molar-refractivity contribution >= 4 is 5.97 Å². The minimum atomic E-state index is -0.663. The van der Waals surface area contributed by atoms with E-state index >= 15 is 0 Å². The van der Waals surface area contributed by atoms with Crippen LogP contribution in [0.3, 0.4) is 0 Å². The third-order valence-corrected chi connectivity index (χ3v) is 7.95. The van der Waals surface area contributed by atoms with Gasteiger partial charge in [-0.25, -0.2) is 0 Å². The summed E-state index contributed by atoms with van der Waals surface area (Å²) in [6, 6.07) is 10.8. The third-order valence-electron chi connectivity index (χ3n) is 7.95. The Balaban J connectivity index is 2.84. The van der Waals surface area contributed by atoms with E-state index in [1.54, 1.807) is 0 Å². The van der Waals surface area contributed by atoms with Crippen molar-refractivity contribution in [3.05, 3.63) is 35.9 Å². The van der Waals surface area contributed by atoms with Crippen LogP contribution in [-0.4, -0.2) is 49.7 Å².